The maximum absolute atomic E-state index is 6.09. The van der Waals surface area contributed by atoms with Crippen molar-refractivity contribution < 1.29 is 0 Å². The van der Waals surface area contributed by atoms with E-state index in [4.69, 9.17) is 11.6 Å². The summed E-state index contributed by atoms with van der Waals surface area (Å²) in [6, 6.07) is 16.6. The van der Waals surface area contributed by atoms with Crippen molar-refractivity contribution in [3.8, 4) is 0 Å². The number of benzene rings is 2. The number of nitrogens with one attached hydrogen (secondary N) is 1. The predicted molar refractivity (Wildman–Crippen MR) is 118 cm³/mol. The van der Waals surface area contributed by atoms with Crippen molar-refractivity contribution in [1.29, 1.82) is 0 Å². The van der Waals surface area contributed by atoms with Gasteiger partial charge < -0.3 is 10.2 Å². The molecule has 1 aliphatic carbocycles. The van der Waals surface area contributed by atoms with Crippen LogP contribution in [0.25, 0.3) is 10.9 Å². The maximum Gasteiger partial charge on any atom is 0.0737 e. The Morgan fingerprint density at radius 3 is 2.50 bits per heavy atom. The van der Waals surface area contributed by atoms with Gasteiger partial charge in [0, 0.05) is 66.4 Å². The van der Waals surface area contributed by atoms with Crippen LogP contribution in [0.4, 0.5) is 17.1 Å². The van der Waals surface area contributed by atoms with Crippen molar-refractivity contribution in [3.05, 3.63) is 59.8 Å². The van der Waals surface area contributed by atoms with Crippen LogP contribution in [0.1, 0.15) is 12.8 Å². The van der Waals surface area contributed by atoms with E-state index in [1.165, 1.54) is 38.2 Å². The summed E-state index contributed by atoms with van der Waals surface area (Å²) in [7, 11) is 0. The van der Waals surface area contributed by atoms with E-state index in [1.807, 2.05) is 30.5 Å². The topological polar surface area (TPSA) is 31.4 Å². The molecule has 0 bridgehead atoms. The van der Waals surface area contributed by atoms with E-state index in [0.29, 0.717) is 5.02 Å². The van der Waals surface area contributed by atoms with E-state index < -0.39 is 0 Å². The molecule has 5 heteroatoms. The molecule has 2 fully saturated rings. The monoisotopic (exact) mass is 392 g/mol. The van der Waals surface area contributed by atoms with Crippen LogP contribution in [-0.2, 0) is 0 Å². The van der Waals surface area contributed by atoms with E-state index in [2.05, 4.69) is 44.4 Å². The minimum absolute atomic E-state index is 0.707. The Hall–Kier alpha value is -2.30. The Labute approximate surface area is 171 Å². The highest BCUT2D eigenvalue weighted by atomic mass is 35.5. The van der Waals surface area contributed by atoms with Gasteiger partial charge in [0.05, 0.1) is 5.52 Å². The number of hydrogen-bond acceptors (Lipinski definition) is 4. The number of piperazine rings is 1. The molecule has 0 spiro atoms. The molecule has 3 aromatic rings. The van der Waals surface area contributed by atoms with Gasteiger partial charge in [-0.25, -0.2) is 0 Å². The number of halogens is 1. The fourth-order valence-corrected chi connectivity index (χ4v) is 4.16. The highest BCUT2D eigenvalue weighted by molar-refractivity contribution is 6.31. The lowest BCUT2D eigenvalue weighted by molar-refractivity contribution is 0.248. The quantitative estimate of drug-likeness (QED) is 0.649. The third-order valence-corrected chi connectivity index (χ3v) is 6.04. The zero-order valence-corrected chi connectivity index (χ0v) is 16.7. The van der Waals surface area contributed by atoms with Crippen molar-refractivity contribution in [3.63, 3.8) is 0 Å². The van der Waals surface area contributed by atoms with Gasteiger partial charge in [0.15, 0.2) is 0 Å². The highest BCUT2D eigenvalue weighted by Crippen LogP contribution is 2.31. The average Bonchev–Trinajstić information content (AvgIpc) is 3.53. The molecular weight excluding hydrogens is 368 g/mol. The van der Waals surface area contributed by atoms with Crippen LogP contribution in [0.2, 0.25) is 5.02 Å². The lowest BCUT2D eigenvalue weighted by atomic mass is 10.1. The first-order valence-electron chi connectivity index (χ1n) is 10.1. The van der Waals surface area contributed by atoms with Crippen molar-refractivity contribution in [2.45, 2.75) is 12.8 Å². The highest BCUT2D eigenvalue weighted by Gasteiger charge is 2.26. The minimum Gasteiger partial charge on any atom is -0.369 e. The summed E-state index contributed by atoms with van der Waals surface area (Å²) >= 11 is 6.09. The summed E-state index contributed by atoms with van der Waals surface area (Å²) in [5.74, 6) is 0.984. The number of aromatic nitrogens is 1. The van der Waals surface area contributed by atoms with Crippen molar-refractivity contribution >= 4 is 39.6 Å². The third-order valence-electron chi connectivity index (χ3n) is 5.80. The van der Waals surface area contributed by atoms with Crippen LogP contribution >= 0.6 is 11.6 Å². The van der Waals surface area contributed by atoms with Crippen LogP contribution in [0.15, 0.2) is 54.7 Å². The third kappa shape index (κ3) is 3.94. The second-order valence-electron chi connectivity index (χ2n) is 7.92. The molecule has 4 nitrogen and oxygen atoms in total. The van der Waals surface area contributed by atoms with E-state index >= 15 is 0 Å². The smallest absolute Gasteiger partial charge is 0.0737 e. The predicted octanol–water partition coefficient (Wildman–Crippen LogP) is 5.16. The van der Waals surface area contributed by atoms with Gasteiger partial charge in [0.2, 0.25) is 0 Å². The molecule has 1 aliphatic heterocycles. The summed E-state index contributed by atoms with van der Waals surface area (Å²) in [6.07, 6.45) is 4.69. The van der Waals surface area contributed by atoms with E-state index in [9.17, 15) is 0 Å². The number of pyridine rings is 1. The summed E-state index contributed by atoms with van der Waals surface area (Å²) in [4.78, 5) is 9.54. The molecule has 0 radical (unpaired) electrons. The minimum atomic E-state index is 0.707. The number of rotatable bonds is 5. The van der Waals surface area contributed by atoms with Gasteiger partial charge in [-0.3, -0.25) is 9.88 Å². The number of fused-ring (bicyclic) bond motifs is 1. The molecule has 1 aromatic heterocycles. The van der Waals surface area contributed by atoms with Crippen molar-refractivity contribution in [1.82, 2.24) is 9.88 Å². The van der Waals surface area contributed by atoms with Gasteiger partial charge in [-0.2, -0.15) is 0 Å². The molecule has 28 heavy (non-hydrogen) atoms. The molecule has 2 aliphatic rings. The second kappa shape index (κ2) is 7.61. The summed E-state index contributed by atoms with van der Waals surface area (Å²) in [5, 5.41) is 5.30. The number of hydrogen-bond donors (Lipinski definition) is 1. The summed E-state index contributed by atoms with van der Waals surface area (Å²) in [5.41, 5.74) is 4.34. The molecular formula is C23H25ClN4. The van der Waals surface area contributed by atoms with Gasteiger partial charge in [-0.15, -0.1) is 0 Å². The molecule has 0 unspecified atom stereocenters. The Kier molecular flexibility index (Phi) is 4.83. The summed E-state index contributed by atoms with van der Waals surface area (Å²) < 4.78 is 0. The molecule has 144 valence electrons. The first-order valence-corrected chi connectivity index (χ1v) is 10.5. The molecule has 5 rings (SSSR count). The zero-order valence-electron chi connectivity index (χ0n) is 15.9. The molecule has 2 aromatic carbocycles. The average molecular weight is 393 g/mol. The number of anilines is 3. The fourth-order valence-electron chi connectivity index (χ4n) is 4.00. The van der Waals surface area contributed by atoms with E-state index in [1.54, 1.807) is 0 Å². The standard InChI is InChI=1S/C23H25ClN4/c24-18-3-8-21-22(9-10-25-23(21)15-18)26-19-4-6-20(7-5-19)28-13-11-27(12-14-28)16-17-1-2-17/h3-10,15,17H,1-2,11-14,16H2,(H,25,26). The molecule has 1 saturated heterocycles. The summed E-state index contributed by atoms with van der Waals surface area (Å²) in [6.45, 7) is 5.91. The van der Waals surface area contributed by atoms with Crippen molar-refractivity contribution in [2.75, 3.05) is 42.9 Å². The normalized spacial score (nSPS) is 17.8. The molecule has 2 heterocycles. The number of nitrogens with zero attached hydrogens (tertiary/aromatic N) is 3. The molecule has 0 amide bonds. The van der Waals surface area contributed by atoms with Crippen LogP contribution < -0.4 is 10.2 Å². The van der Waals surface area contributed by atoms with Gasteiger partial charge in [-0.05, 0) is 67.3 Å². The lowest BCUT2D eigenvalue weighted by Crippen LogP contribution is -2.47. The first-order chi connectivity index (χ1) is 13.7. The molecule has 1 N–H and O–H groups in total. The van der Waals surface area contributed by atoms with Gasteiger partial charge in [-0.1, -0.05) is 11.6 Å². The van der Waals surface area contributed by atoms with Gasteiger partial charge in [0.1, 0.15) is 0 Å². The van der Waals surface area contributed by atoms with Crippen LogP contribution in [-0.4, -0.2) is 42.6 Å². The molecule has 0 atom stereocenters. The van der Waals surface area contributed by atoms with E-state index in [0.717, 1.165) is 41.3 Å². The largest absolute Gasteiger partial charge is 0.369 e. The van der Waals surface area contributed by atoms with Crippen LogP contribution in [0, 0.1) is 5.92 Å². The van der Waals surface area contributed by atoms with Crippen molar-refractivity contribution in [2.24, 2.45) is 5.92 Å². The SMILES string of the molecule is Clc1ccc2c(Nc3ccc(N4CCN(CC5CC5)CC4)cc3)ccnc2c1. The fraction of sp³-hybridized carbons (Fsp3) is 0.348. The Morgan fingerprint density at radius 1 is 0.964 bits per heavy atom. The Balaban J connectivity index is 1.26. The van der Waals surface area contributed by atoms with Gasteiger partial charge in [0.25, 0.3) is 0 Å². The van der Waals surface area contributed by atoms with Crippen LogP contribution in [0.3, 0.4) is 0 Å². The zero-order chi connectivity index (χ0) is 18.9. The Morgan fingerprint density at radius 2 is 1.75 bits per heavy atom. The molecule has 1 saturated carbocycles. The maximum atomic E-state index is 6.09. The van der Waals surface area contributed by atoms with Gasteiger partial charge >= 0.3 is 0 Å². The van der Waals surface area contributed by atoms with Crippen LogP contribution in [0.5, 0.6) is 0 Å². The van der Waals surface area contributed by atoms with E-state index in [-0.39, 0.29) is 0 Å². The lowest BCUT2D eigenvalue weighted by Gasteiger charge is -2.36. The second-order valence-corrected chi connectivity index (χ2v) is 8.36. The Bertz CT molecular complexity index is 960. The first kappa shape index (κ1) is 17.8.